The highest BCUT2D eigenvalue weighted by Crippen LogP contribution is 2.29. The molecule has 0 aromatic heterocycles. The molecule has 0 spiro atoms. The zero-order valence-corrected chi connectivity index (χ0v) is 9.29. The average Bonchev–Trinajstić information content (AvgIpc) is 2.29. The van der Waals surface area contributed by atoms with E-state index in [1.54, 1.807) is 0 Å². The summed E-state index contributed by atoms with van der Waals surface area (Å²) in [5.41, 5.74) is -0.959. The number of halogens is 5. The van der Waals surface area contributed by atoms with Crippen LogP contribution in [0.3, 0.4) is 0 Å². The molecule has 17 heavy (non-hydrogen) atoms. The Kier molecular flexibility index (Phi) is 3.98. The van der Waals surface area contributed by atoms with E-state index in [0.717, 1.165) is 6.92 Å². The van der Waals surface area contributed by atoms with Crippen LogP contribution in [0.5, 0.6) is 0 Å². The lowest BCUT2D eigenvalue weighted by molar-refractivity contribution is -0.141. The zero-order valence-electron chi connectivity index (χ0n) is 8.53. The van der Waals surface area contributed by atoms with E-state index in [9.17, 15) is 22.4 Å². The molecule has 0 heterocycles. The Balaban J connectivity index is 3.30. The van der Waals surface area contributed by atoms with E-state index >= 15 is 0 Å². The maximum Gasteiger partial charge on any atom is 0.306 e. The number of hydrogen-bond acceptors (Lipinski definition) is 1. The molecule has 7 heteroatoms. The second kappa shape index (κ2) is 4.91. The molecule has 1 atom stereocenters. The molecular formula is C10H7ClF4O2. The van der Waals surface area contributed by atoms with Gasteiger partial charge >= 0.3 is 5.97 Å². The highest BCUT2D eigenvalue weighted by atomic mass is 35.5. The molecule has 0 amide bonds. The second-order valence-corrected chi connectivity index (χ2v) is 3.87. The van der Waals surface area contributed by atoms with Gasteiger partial charge in [0.05, 0.1) is 5.92 Å². The van der Waals surface area contributed by atoms with E-state index < -0.39 is 52.2 Å². The minimum absolute atomic E-state index is 0.669. The third-order valence-corrected chi connectivity index (χ3v) is 2.56. The molecule has 1 unspecified atom stereocenters. The maximum atomic E-state index is 13.3. The predicted molar refractivity (Wildman–Crippen MR) is 51.8 cm³/mol. The summed E-state index contributed by atoms with van der Waals surface area (Å²) in [7, 11) is 0. The number of benzene rings is 1. The molecule has 1 aromatic carbocycles. The standard InChI is InChI=1S/C10H7ClF4O2/c1-3(10(16)17)2-4-6(12)8(14)5(11)9(15)7(4)13/h3H,2H2,1H3,(H,16,17). The Labute approximate surface area is 98.8 Å². The van der Waals surface area contributed by atoms with E-state index in [1.165, 1.54) is 0 Å². The largest absolute Gasteiger partial charge is 0.481 e. The van der Waals surface area contributed by atoms with Crippen molar-refractivity contribution in [2.75, 3.05) is 0 Å². The fourth-order valence-electron chi connectivity index (χ4n) is 1.22. The van der Waals surface area contributed by atoms with Gasteiger partial charge in [0.2, 0.25) is 0 Å². The molecule has 94 valence electrons. The first-order valence-electron chi connectivity index (χ1n) is 4.50. The van der Waals surface area contributed by atoms with Gasteiger partial charge in [0.1, 0.15) is 5.02 Å². The van der Waals surface area contributed by atoms with Crippen LogP contribution in [0, 0.1) is 29.2 Å². The second-order valence-electron chi connectivity index (χ2n) is 3.49. The summed E-state index contributed by atoms with van der Waals surface area (Å²) in [5, 5.41) is 7.27. The summed E-state index contributed by atoms with van der Waals surface area (Å²) in [6.45, 7) is 1.16. The minimum atomic E-state index is -1.72. The fraction of sp³-hybridized carbons (Fsp3) is 0.300. The number of aliphatic carboxylic acids is 1. The van der Waals surface area contributed by atoms with Gasteiger partial charge in [-0.05, 0) is 6.42 Å². The van der Waals surface area contributed by atoms with Gasteiger partial charge in [0.15, 0.2) is 23.3 Å². The number of carboxylic acid groups (broad SMARTS) is 1. The van der Waals surface area contributed by atoms with Gasteiger partial charge in [0.25, 0.3) is 0 Å². The highest BCUT2D eigenvalue weighted by Gasteiger charge is 2.26. The number of carboxylic acids is 1. The van der Waals surface area contributed by atoms with E-state index in [2.05, 4.69) is 0 Å². The van der Waals surface area contributed by atoms with E-state index in [4.69, 9.17) is 16.7 Å². The van der Waals surface area contributed by atoms with Gasteiger partial charge in [0, 0.05) is 5.56 Å². The van der Waals surface area contributed by atoms with Crippen LogP contribution in [0.2, 0.25) is 5.02 Å². The van der Waals surface area contributed by atoms with Crippen molar-refractivity contribution in [3.05, 3.63) is 33.9 Å². The average molecular weight is 271 g/mol. The fourth-order valence-corrected chi connectivity index (χ4v) is 1.39. The van der Waals surface area contributed by atoms with Crippen LogP contribution in [0.4, 0.5) is 17.6 Å². The lowest BCUT2D eigenvalue weighted by atomic mass is 10.00. The van der Waals surface area contributed by atoms with Crippen LogP contribution in [0.1, 0.15) is 12.5 Å². The van der Waals surface area contributed by atoms with Gasteiger partial charge in [-0.15, -0.1) is 0 Å². The normalized spacial score (nSPS) is 12.6. The van der Waals surface area contributed by atoms with Crippen molar-refractivity contribution >= 4 is 17.6 Å². The van der Waals surface area contributed by atoms with Crippen molar-refractivity contribution in [3.63, 3.8) is 0 Å². The molecule has 0 fully saturated rings. The zero-order chi connectivity index (χ0) is 13.3. The molecule has 0 radical (unpaired) electrons. The molecule has 0 bridgehead atoms. The van der Waals surface area contributed by atoms with Gasteiger partial charge in [-0.2, -0.15) is 0 Å². The van der Waals surface area contributed by atoms with Gasteiger partial charge in [-0.1, -0.05) is 18.5 Å². The number of hydrogen-bond donors (Lipinski definition) is 1. The SMILES string of the molecule is CC(Cc1c(F)c(F)c(Cl)c(F)c1F)C(=O)O. The number of carbonyl (C=O) groups is 1. The summed E-state index contributed by atoms with van der Waals surface area (Å²) >= 11 is 5.01. The number of rotatable bonds is 3. The van der Waals surface area contributed by atoms with Crippen molar-refractivity contribution in [3.8, 4) is 0 Å². The Morgan fingerprint density at radius 2 is 1.59 bits per heavy atom. The van der Waals surface area contributed by atoms with E-state index in [1.807, 2.05) is 0 Å². The summed E-state index contributed by atoms with van der Waals surface area (Å²) < 4.78 is 52.6. The third-order valence-electron chi connectivity index (χ3n) is 2.23. The lowest BCUT2D eigenvalue weighted by Crippen LogP contribution is -2.16. The summed E-state index contributed by atoms with van der Waals surface area (Å²) in [4.78, 5) is 10.5. The molecule has 0 aliphatic carbocycles. The predicted octanol–water partition coefficient (Wildman–Crippen LogP) is 3.16. The van der Waals surface area contributed by atoms with Crippen molar-refractivity contribution in [1.29, 1.82) is 0 Å². The minimum Gasteiger partial charge on any atom is -0.481 e. The molecule has 0 aliphatic heterocycles. The lowest BCUT2D eigenvalue weighted by Gasteiger charge is -2.10. The van der Waals surface area contributed by atoms with Crippen molar-refractivity contribution < 1.29 is 27.5 Å². The summed E-state index contributed by atoms with van der Waals surface area (Å²) in [6.07, 6.45) is -0.669. The monoisotopic (exact) mass is 270 g/mol. The van der Waals surface area contributed by atoms with Crippen molar-refractivity contribution in [1.82, 2.24) is 0 Å². The molecule has 0 aliphatic rings. The molecule has 2 nitrogen and oxygen atoms in total. The van der Waals surface area contributed by atoms with Crippen LogP contribution in [0.15, 0.2) is 0 Å². The first-order valence-corrected chi connectivity index (χ1v) is 4.88. The summed E-state index contributed by atoms with van der Waals surface area (Å²) in [5.74, 6) is -9.29. The quantitative estimate of drug-likeness (QED) is 0.520. The Morgan fingerprint density at radius 3 is 1.94 bits per heavy atom. The van der Waals surface area contributed by atoms with Crippen LogP contribution >= 0.6 is 11.6 Å². The Bertz CT molecular complexity index is 447. The maximum absolute atomic E-state index is 13.3. The van der Waals surface area contributed by atoms with Crippen LogP contribution in [0.25, 0.3) is 0 Å². The smallest absolute Gasteiger partial charge is 0.306 e. The van der Waals surface area contributed by atoms with Crippen LogP contribution in [-0.2, 0) is 11.2 Å². The van der Waals surface area contributed by atoms with Crippen molar-refractivity contribution in [2.45, 2.75) is 13.3 Å². The summed E-state index contributed by atoms with van der Waals surface area (Å²) in [6, 6.07) is 0. The molecular weight excluding hydrogens is 264 g/mol. The van der Waals surface area contributed by atoms with E-state index in [-0.39, 0.29) is 0 Å². The van der Waals surface area contributed by atoms with Crippen molar-refractivity contribution in [2.24, 2.45) is 5.92 Å². The first kappa shape index (κ1) is 13.8. The topological polar surface area (TPSA) is 37.3 Å². The van der Waals surface area contributed by atoms with E-state index in [0.29, 0.717) is 0 Å². The molecule has 1 rings (SSSR count). The Morgan fingerprint density at radius 1 is 1.18 bits per heavy atom. The third kappa shape index (κ3) is 2.52. The van der Waals surface area contributed by atoms with Gasteiger partial charge in [-0.3, -0.25) is 4.79 Å². The van der Waals surface area contributed by atoms with Crippen LogP contribution < -0.4 is 0 Å². The van der Waals surface area contributed by atoms with Gasteiger partial charge < -0.3 is 5.11 Å². The molecule has 0 saturated carbocycles. The Hall–Kier alpha value is -1.30. The molecule has 1 aromatic rings. The van der Waals surface area contributed by atoms with Crippen LogP contribution in [-0.4, -0.2) is 11.1 Å². The highest BCUT2D eigenvalue weighted by molar-refractivity contribution is 6.30. The molecule has 0 saturated heterocycles. The first-order chi connectivity index (χ1) is 7.77. The molecule has 1 N–H and O–H groups in total. The van der Waals surface area contributed by atoms with Gasteiger partial charge in [-0.25, -0.2) is 17.6 Å².